The first kappa shape index (κ1) is 28.2. The van der Waals surface area contributed by atoms with Crippen molar-refractivity contribution < 1.29 is 38.0 Å². The number of allylic oxidation sites excluding steroid dienone is 3. The van der Waals surface area contributed by atoms with Gasteiger partial charge in [0.05, 0.1) is 12.2 Å². The zero-order valence-corrected chi connectivity index (χ0v) is 21.3. The van der Waals surface area contributed by atoms with E-state index < -0.39 is 48.9 Å². The molecule has 0 spiro atoms. The molecule has 3 saturated carbocycles. The number of hydrogen-bond donors (Lipinski definition) is 3. The van der Waals surface area contributed by atoms with Gasteiger partial charge in [-0.25, -0.2) is 0 Å². The second-order valence-corrected chi connectivity index (χ2v) is 11.5. The molecular weight excluding hydrogens is 461 g/mol. The van der Waals surface area contributed by atoms with Crippen LogP contribution >= 0.6 is 0 Å². The molecule has 0 bridgehead atoms. The maximum atomic E-state index is 12.9. The summed E-state index contributed by atoms with van der Waals surface area (Å²) in [6.45, 7) is 6.59. The van der Waals surface area contributed by atoms with Crippen LogP contribution in [-0.4, -0.2) is 51.4 Å². The fourth-order valence-electron chi connectivity index (χ4n) is 6.50. The van der Waals surface area contributed by atoms with Crippen LogP contribution in [0.15, 0.2) is 23.3 Å². The minimum absolute atomic E-state index is 0.0696. The standard InChI is InChI=1S/C27H41F3O5/c1-16-22(31)14-18(15-23(16)32)7-8-19-6-5-12-25(3)20(9-10-21(19)25)17(2)35-24(33)11-13-26(4,34)27(28,29)30/h7-8,16-17,20-23,31-32,34H,5-6,9-15H2,1-4H3/t16?,17-,20+,21-,22+,23+,25+,26?/m0/s1. The number of esters is 1. The number of hydrogen-bond acceptors (Lipinski definition) is 5. The van der Waals surface area contributed by atoms with Crippen molar-refractivity contribution in [3.63, 3.8) is 0 Å². The molecule has 0 aromatic rings. The van der Waals surface area contributed by atoms with Crippen LogP contribution in [0.2, 0.25) is 0 Å². The van der Waals surface area contributed by atoms with Crippen molar-refractivity contribution >= 4 is 5.97 Å². The highest BCUT2D eigenvalue weighted by atomic mass is 19.4. The smallest absolute Gasteiger partial charge is 0.416 e. The van der Waals surface area contributed by atoms with Crippen molar-refractivity contribution in [2.75, 3.05) is 0 Å². The minimum Gasteiger partial charge on any atom is -0.462 e. The monoisotopic (exact) mass is 502 g/mol. The second kappa shape index (κ2) is 10.5. The van der Waals surface area contributed by atoms with Gasteiger partial charge < -0.3 is 20.1 Å². The largest absolute Gasteiger partial charge is 0.462 e. The summed E-state index contributed by atoms with van der Waals surface area (Å²) in [6, 6.07) is 0. The Balaban J connectivity index is 1.64. The summed E-state index contributed by atoms with van der Waals surface area (Å²) < 4.78 is 44.2. The van der Waals surface area contributed by atoms with E-state index in [-0.39, 0.29) is 17.3 Å². The molecule has 8 heteroatoms. The molecule has 0 aromatic heterocycles. The number of carbonyl (C=O) groups is 1. The first-order valence-corrected chi connectivity index (χ1v) is 12.9. The third-order valence-corrected chi connectivity index (χ3v) is 9.04. The van der Waals surface area contributed by atoms with E-state index in [1.807, 2.05) is 13.8 Å². The Morgan fingerprint density at radius 3 is 2.43 bits per heavy atom. The molecule has 3 N–H and O–H groups in total. The van der Waals surface area contributed by atoms with Gasteiger partial charge in [-0.15, -0.1) is 0 Å². The molecule has 7 atom stereocenters. The fraction of sp³-hybridized carbons (Fsp3) is 0.815. The summed E-state index contributed by atoms with van der Waals surface area (Å²) in [5.74, 6) is -0.399. The summed E-state index contributed by atoms with van der Waals surface area (Å²) >= 11 is 0. The van der Waals surface area contributed by atoms with Crippen molar-refractivity contribution in [1.82, 2.24) is 0 Å². The van der Waals surface area contributed by atoms with Crippen LogP contribution in [-0.2, 0) is 9.53 Å². The molecule has 3 fully saturated rings. The zero-order valence-electron chi connectivity index (χ0n) is 21.3. The fourth-order valence-corrected chi connectivity index (χ4v) is 6.50. The van der Waals surface area contributed by atoms with E-state index in [9.17, 15) is 33.3 Å². The van der Waals surface area contributed by atoms with E-state index in [0.717, 1.165) is 37.7 Å². The van der Waals surface area contributed by atoms with Gasteiger partial charge in [0.25, 0.3) is 0 Å². The van der Waals surface area contributed by atoms with Crippen molar-refractivity contribution in [1.29, 1.82) is 0 Å². The lowest BCUT2D eigenvalue weighted by atomic mass is 9.62. The number of ether oxygens (including phenoxy) is 1. The predicted molar refractivity (Wildman–Crippen MR) is 126 cm³/mol. The summed E-state index contributed by atoms with van der Waals surface area (Å²) in [5, 5.41) is 30.0. The molecule has 0 saturated heterocycles. The van der Waals surface area contributed by atoms with Gasteiger partial charge in [-0.2, -0.15) is 13.2 Å². The van der Waals surface area contributed by atoms with E-state index in [2.05, 4.69) is 19.1 Å². The third kappa shape index (κ3) is 6.13. The van der Waals surface area contributed by atoms with Gasteiger partial charge in [-0.05, 0) is 76.5 Å². The number of halogens is 3. The van der Waals surface area contributed by atoms with Crippen LogP contribution in [0.3, 0.4) is 0 Å². The van der Waals surface area contributed by atoms with E-state index in [1.54, 1.807) is 0 Å². The van der Waals surface area contributed by atoms with Crippen LogP contribution in [0.25, 0.3) is 0 Å². The lowest BCUT2D eigenvalue weighted by molar-refractivity contribution is -0.255. The molecule has 200 valence electrons. The predicted octanol–water partition coefficient (Wildman–Crippen LogP) is 5.23. The van der Waals surface area contributed by atoms with Gasteiger partial charge in [-0.1, -0.05) is 37.1 Å². The molecule has 35 heavy (non-hydrogen) atoms. The van der Waals surface area contributed by atoms with Crippen LogP contribution in [0.5, 0.6) is 0 Å². The van der Waals surface area contributed by atoms with Crippen LogP contribution in [0, 0.1) is 23.2 Å². The van der Waals surface area contributed by atoms with Crippen molar-refractivity contribution in [3.8, 4) is 0 Å². The Hall–Kier alpha value is -1.38. The quantitative estimate of drug-likeness (QED) is 0.433. The Bertz CT molecular complexity index is 819. The average Bonchev–Trinajstić information content (AvgIpc) is 3.11. The molecule has 5 nitrogen and oxygen atoms in total. The molecule has 0 radical (unpaired) electrons. The summed E-state index contributed by atoms with van der Waals surface area (Å²) in [7, 11) is 0. The van der Waals surface area contributed by atoms with Gasteiger partial charge in [0.2, 0.25) is 0 Å². The van der Waals surface area contributed by atoms with E-state index in [0.29, 0.717) is 25.7 Å². The summed E-state index contributed by atoms with van der Waals surface area (Å²) in [4.78, 5) is 12.3. The van der Waals surface area contributed by atoms with Crippen molar-refractivity contribution in [2.45, 2.75) is 116 Å². The van der Waals surface area contributed by atoms with Gasteiger partial charge >= 0.3 is 12.1 Å². The number of carbonyl (C=O) groups excluding carboxylic acids is 1. The molecule has 3 aliphatic carbocycles. The maximum Gasteiger partial charge on any atom is 0.416 e. The summed E-state index contributed by atoms with van der Waals surface area (Å²) in [5.41, 5.74) is -0.592. The Labute approximate surface area is 206 Å². The van der Waals surface area contributed by atoms with E-state index in [4.69, 9.17) is 4.74 Å². The molecule has 3 aliphatic rings. The number of fused-ring (bicyclic) bond motifs is 1. The van der Waals surface area contributed by atoms with Gasteiger partial charge in [0.15, 0.2) is 5.60 Å². The highest BCUT2D eigenvalue weighted by Gasteiger charge is 2.52. The molecule has 0 aromatic carbocycles. The topological polar surface area (TPSA) is 87.0 Å². The molecule has 0 amide bonds. The highest BCUT2D eigenvalue weighted by Crippen LogP contribution is 2.58. The number of alkyl halides is 3. The average molecular weight is 503 g/mol. The van der Waals surface area contributed by atoms with E-state index >= 15 is 0 Å². The van der Waals surface area contributed by atoms with Gasteiger partial charge in [0.1, 0.15) is 6.10 Å². The normalized spacial score (nSPS) is 37.5. The number of aliphatic hydroxyl groups is 3. The van der Waals surface area contributed by atoms with Gasteiger partial charge in [0, 0.05) is 18.3 Å². The van der Waals surface area contributed by atoms with Crippen molar-refractivity contribution in [2.24, 2.45) is 23.2 Å². The van der Waals surface area contributed by atoms with Crippen molar-refractivity contribution in [3.05, 3.63) is 23.3 Å². The minimum atomic E-state index is -4.79. The van der Waals surface area contributed by atoms with Crippen LogP contribution < -0.4 is 0 Å². The lowest BCUT2D eigenvalue weighted by Crippen LogP contribution is -2.43. The summed E-state index contributed by atoms with van der Waals surface area (Å²) in [6.07, 6.45) is 2.68. The van der Waals surface area contributed by atoms with Gasteiger partial charge in [-0.3, -0.25) is 4.79 Å². The molecule has 3 rings (SSSR count). The van der Waals surface area contributed by atoms with Crippen LogP contribution in [0.1, 0.15) is 85.5 Å². The number of rotatable bonds is 6. The van der Waals surface area contributed by atoms with Crippen LogP contribution in [0.4, 0.5) is 13.2 Å². The zero-order chi connectivity index (χ0) is 26.2. The first-order chi connectivity index (χ1) is 16.2. The molecule has 0 aliphatic heterocycles. The van der Waals surface area contributed by atoms with E-state index in [1.165, 1.54) is 5.57 Å². The number of aliphatic hydroxyl groups excluding tert-OH is 2. The Kier molecular flexibility index (Phi) is 8.49. The lowest BCUT2D eigenvalue weighted by Gasteiger charge is -2.44. The SMILES string of the molecule is CC1[C@H](O)CC(=CC=C2CCC[C@]3(C)[C@@H]([C@H](C)OC(=O)CCC(C)(O)C(F)(F)F)CC[C@@H]23)C[C@H]1O. The highest BCUT2D eigenvalue weighted by molar-refractivity contribution is 5.69. The molecular formula is C27H41F3O5. The maximum absolute atomic E-state index is 12.9. The molecule has 0 heterocycles. The second-order valence-electron chi connectivity index (χ2n) is 11.5. The molecule has 1 unspecified atom stereocenters. The Morgan fingerprint density at radius 1 is 1.20 bits per heavy atom. The third-order valence-electron chi connectivity index (χ3n) is 9.04. The first-order valence-electron chi connectivity index (χ1n) is 12.9. The Morgan fingerprint density at radius 2 is 1.83 bits per heavy atom.